The molecule has 5 nitrogen and oxygen atoms in total. The van der Waals surface area contributed by atoms with E-state index in [1.54, 1.807) is 13.8 Å². The highest BCUT2D eigenvalue weighted by molar-refractivity contribution is 5.82. The van der Waals surface area contributed by atoms with Crippen molar-refractivity contribution in [2.45, 2.75) is 46.1 Å². The van der Waals surface area contributed by atoms with E-state index in [-0.39, 0.29) is 0 Å². The number of allylic oxidation sites excluding steroid dienone is 1. The van der Waals surface area contributed by atoms with Crippen molar-refractivity contribution in [3.8, 4) is 0 Å². The van der Waals surface area contributed by atoms with Crippen molar-refractivity contribution in [1.82, 2.24) is 0 Å². The predicted molar refractivity (Wildman–Crippen MR) is 70.0 cm³/mol. The molecule has 0 heterocycles. The molecule has 0 radical (unpaired) electrons. The number of nitrogens with zero attached hydrogens (tertiary/aromatic N) is 1. The van der Waals surface area contributed by atoms with Crippen LogP contribution in [-0.2, 0) is 4.79 Å². The molecule has 0 rings (SSSR count). The lowest BCUT2D eigenvalue weighted by Crippen LogP contribution is -2.46. The van der Waals surface area contributed by atoms with Gasteiger partial charge >= 0.3 is 5.97 Å². The standard InChI is InChI=1S/C12H23N3O2/c1-8(6-5-7-15-10(3)13)9(2)12(4,14)11(16)17/h5-7,14H2,1-4H3,(H2,13,15)(H,16,17)/b9-8+. The lowest BCUT2D eigenvalue weighted by Gasteiger charge is -2.22. The number of hydrogen-bond donors (Lipinski definition) is 3. The number of carboxylic acids is 1. The van der Waals surface area contributed by atoms with Gasteiger partial charge in [-0.15, -0.1) is 0 Å². The quantitative estimate of drug-likeness (QED) is 0.282. The Morgan fingerprint density at radius 2 is 1.88 bits per heavy atom. The molecule has 17 heavy (non-hydrogen) atoms. The first-order valence-electron chi connectivity index (χ1n) is 5.65. The van der Waals surface area contributed by atoms with Gasteiger partial charge in [0.2, 0.25) is 0 Å². The van der Waals surface area contributed by atoms with Crippen LogP contribution in [0.15, 0.2) is 16.1 Å². The molecule has 0 saturated carbocycles. The number of hydrogen-bond acceptors (Lipinski definition) is 3. The first-order chi connectivity index (χ1) is 7.69. The van der Waals surface area contributed by atoms with Crippen molar-refractivity contribution in [3.05, 3.63) is 11.1 Å². The third-order valence-electron chi connectivity index (χ3n) is 2.93. The molecule has 5 N–H and O–H groups in total. The fourth-order valence-corrected chi connectivity index (χ4v) is 1.39. The third-order valence-corrected chi connectivity index (χ3v) is 2.93. The van der Waals surface area contributed by atoms with E-state index in [4.69, 9.17) is 16.6 Å². The second-order valence-electron chi connectivity index (χ2n) is 4.54. The van der Waals surface area contributed by atoms with E-state index in [1.165, 1.54) is 6.92 Å². The normalized spacial score (nSPS) is 17.4. The minimum atomic E-state index is -1.29. The van der Waals surface area contributed by atoms with E-state index in [1.807, 2.05) is 6.92 Å². The number of aliphatic carboxylic acids is 1. The SMILES string of the molecule is CC(N)=NCCC/C(C)=C(\C)C(C)(N)C(=O)O. The highest BCUT2D eigenvalue weighted by atomic mass is 16.4. The lowest BCUT2D eigenvalue weighted by molar-refractivity contribution is -0.141. The molecule has 0 spiro atoms. The van der Waals surface area contributed by atoms with Crippen molar-refractivity contribution in [2.75, 3.05) is 6.54 Å². The van der Waals surface area contributed by atoms with Crippen LogP contribution < -0.4 is 11.5 Å². The lowest BCUT2D eigenvalue weighted by atomic mass is 9.89. The van der Waals surface area contributed by atoms with Gasteiger partial charge in [0.25, 0.3) is 0 Å². The van der Waals surface area contributed by atoms with E-state index in [2.05, 4.69) is 4.99 Å². The Hall–Kier alpha value is -1.36. The van der Waals surface area contributed by atoms with Gasteiger partial charge in [0.05, 0.1) is 5.84 Å². The van der Waals surface area contributed by atoms with Crippen molar-refractivity contribution in [1.29, 1.82) is 0 Å². The second kappa shape index (κ2) is 6.39. The summed E-state index contributed by atoms with van der Waals surface area (Å²) in [6.07, 6.45) is 1.62. The van der Waals surface area contributed by atoms with Crippen LogP contribution >= 0.6 is 0 Å². The summed E-state index contributed by atoms with van der Waals surface area (Å²) >= 11 is 0. The van der Waals surface area contributed by atoms with E-state index < -0.39 is 11.5 Å². The number of carbonyl (C=O) groups is 1. The monoisotopic (exact) mass is 241 g/mol. The predicted octanol–water partition coefficient (Wildman–Crippen LogP) is 1.28. The molecule has 0 aromatic heterocycles. The molecule has 1 atom stereocenters. The van der Waals surface area contributed by atoms with Crippen LogP contribution in [-0.4, -0.2) is 29.0 Å². The summed E-state index contributed by atoms with van der Waals surface area (Å²) in [7, 11) is 0. The maximum absolute atomic E-state index is 11.0. The molecule has 0 aliphatic carbocycles. The highest BCUT2D eigenvalue weighted by Crippen LogP contribution is 2.20. The molecule has 5 heteroatoms. The zero-order valence-electron chi connectivity index (χ0n) is 11.1. The smallest absolute Gasteiger partial charge is 0.327 e. The number of rotatable bonds is 6. The number of aliphatic imine (C=N–C) groups is 1. The van der Waals surface area contributed by atoms with Crippen molar-refractivity contribution < 1.29 is 9.90 Å². The summed E-state index contributed by atoms with van der Waals surface area (Å²) in [5, 5.41) is 9.01. The van der Waals surface area contributed by atoms with Gasteiger partial charge < -0.3 is 16.6 Å². The molecule has 0 aliphatic rings. The third kappa shape index (κ3) is 4.99. The molecule has 0 bridgehead atoms. The zero-order chi connectivity index (χ0) is 13.6. The van der Waals surface area contributed by atoms with Gasteiger partial charge in [-0.05, 0) is 46.1 Å². The topological polar surface area (TPSA) is 102 Å². The highest BCUT2D eigenvalue weighted by Gasteiger charge is 2.30. The maximum atomic E-state index is 11.0. The molecule has 0 aliphatic heterocycles. The molecule has 0 amide bonds. The van der Waals surface area contributed by atoms with Gasteiger partial charge in [-0.2, -0.15) is 0 Å². The first kappa shape index (κ1) is 15.6. The summed E-state index contributed by atoms with van der Waals surface area (Å²) in [4.78, 5) is 15.1. The Morgan fingerprint density at radius 3 is 2.29 bits per heavy atom. The summed E-state index contributed by atoms with van der Waals surface area (Å²) < 4.78 is 0. The summed E-state index contributed by atoms with van der Waals surface area (Å²) in [5.74, 6) is -0.442. The Bertz CT molecular complexity index is 340. The average molecular weight is 241 g/mol. The van der Waals surface area contributed by atoms with E-state index in [9.17, 15) is 4.79 Å². The average Bonchev–Trinajstić information content (AvgIpc) is 2.22. The van der Waals surface area contributed by atoms with Gasteiger partial charge in [-0.25, -0.2) is 4.79 Å². The van der Waals surface area contributed by atoms with Crippen LogP contribution in [0.2, 0.25) is 0 Å². The van der Waals surface area contributed by atoms with Gasteiger partial charge in [0.15, 0.2) is 0 Å². The molecular weight excluding hydrogens is 218 g/mol. The van der Waals surface area contributed by atoms with E-state index in [0.717, 1.165) is 18.4 Å². The van der Waals surface area contributed by atoms with E-state index in [0.29, 0.717) is 18.0 Å². The van der Waals surface area contributed by atoms with Crippen LogP contribution in [0.1, 0.15) is 40.5 Å². The number of amidine groups is 1. The minimum Gasteiger partial charge on any atom is -0.480 e. The Kier molecular flexibility index (Phi) is 5.88. The van der Waals surface area contributed by atoms with Gasteiger partial charge in [0.1, 0.15) is 5.54 Å². The summed E-state index contributed by atoms with van der Waals surface area (Å²) in [6.45, 7) is 7.58. The maximum Gasteiger partial charge on any atom is 0.327 e. The van der Waals surface area contributed by atoms with Gasteiger partial charge in [0, 0.05) is 6.54 Å². The molecule has 0 saturated heterocycles. The van der Waals surface area contributed by atoms with Crippen molar-refractivity contribution in [2.24, 2.45) is 16.5 Å². The fourth-order valence-electron chi connectivity index (χ4n) is 1.39. The van der Waals surface area contributed by atoms with Crippen molar-refractivity contribution >= 4 is 11.8 Å². The van der Waals surface area contributed by atoms with Crippen LogP contribution in [0, 0.1) is 0 Å². The molecule has 0 aromatic rings. The zero-order valence-corrected chi connectivity index (χ0v) is 11.1. The summed E-state index contributed by atoms with van der Waals surface area (Å²) in [5.41, 5.74) is 11.6. The van der Waals surface area contributed by atoms with Crippen LogP contribution in [0.4, 0.5) is 0 Å². The first-order valence-corrected chi connectivity index (χ1v) is 5.65. The van der Waals surface area contributed by atoms with Crippen LogP contribution in [0.25, 0.3) is 0 Å². The van der Waals surface area contributed by atoms with Crippen LogP contribution in [0.3, 0.4) is 0 Å². The minimum absolute atomic E-state index is 0.567. The fraction of sp³-hybridized carbons (Fsp3) is 0.667. The number of carboxylic acid groups (broad SMARTS) is 1. The van der Waals surface area contributed by atoms with Gasteiger partial charge in [-0.3, -0.25) is 4.99 Å². The molecular formula is C12H23N3O2. The van der Waals surface area contributed by atoms with Crippen molar-refractivity contribution in [3.63, 3.8) is 0 Å². The molecule has 98 valence electrons. The second-order valence-corrected chi connectivity index (χ2v) is 4.54. The number of nitrogens with two attached hydrogens (primary N) is 2. The summed E-state index contributed by atoms with van der Waals surface area (Å²) in [6, 6.07) is 0. The molecule has 1 unspecified atom stereocenters. The Labute approximate surface area is 103 Å². The van der Waals surface area contributed by atoms with Crippen LogP contribution in [0.5, 0.6) is 0 Å². The molecule has 0 fully saturated rings. The largest absolute Gasteiger partial charge is 0.480 e. The van der Waals surface area contributed by atoms with Gasteiger partial charge in [-0.1, -0.05) is 5.57 Å². The van der Waals surface area contributed by atoms with E-state index >= 15 is 0 Å². The molecule has 0 aromatic carbocycles. The Balaban J connectivity index is 4.51. The Morgan fingerprint density at radius 1 is 1.35 bits per heavy atom.